The van der Waals surface area contributed by atoms with Crippen LogP contribution in [0.1, 0.15) is 131 Å². The number of rotatable bonds is 24. The number of pyridine rings is 1. The summed E-state index contributed by atoms with van der Waals surface area (Å²) in [5, 5.41) is 3.12. The van der Waals surface area contributed by atoms with E-state index in [1.807, 2.05) is 42.4 Å². The second-order valence-corrected chi connectivity index (χ2v) is 17.9. The van der Waals surface area contributed by atoms with Gasteiger partial charge in [-0.15, -0.1) is 6.58 Å². The van der Waals surface area contributed by atoms with E-state index in [4.69, 9.17) is 0 Å². The van der Waals surface area contributed by atoms with Gasteiger partial charge in [0.05, 0.1) is 12.2 Å². The highest BCUT2D eigenvalue weighted by molar-refractivity contribution is 5.76. The zero-order valence-electron chi connectivity index (χ0n) is 38.6. The van der Waals surface area contributed by atoms with E-state index in [2.05, 4.69) is 94.5 Å². The van der Waals surface area contributed by atoms with E-state index in [1.165, 1.54) is 61.4 Å². The molecule has 0 spiro atoms. The average Bonchev–Trinajstić information content (AvgIpc) is 3.31. The van der Waals surface area contributed by atoms with Crippen molar-refractivity contribution < 1.29 is 13.6 Å². The van der Waals surface area contributed by atoms with Crippen LogP contribution in [0.3, 0.4) is 0 Å². The number of hydrogen-bond acceptors (Lipinski definition) is 8. The molecular formula is C54H69F2N7O. The number of aldehydes is 1. The van der Waals surface area contributed by atoms with Gasteiger partial charge >= 0.3 is 0 Å². The number of carbonyl (C=O) groups excluding carboxylic acids is 1. The van der Waals surface area contributed by atoms with Crippen molar-refractivity contribution in [2.45, 2.75) is 128 Å². The largest absolute Gasteiger partial charge is 0.375 e. The summed E-state index contributed by atoms with van der Waals surface area (Å²) in [5.74, 6) is 0.256. The van der Waals surface area contributed by atoms with Crippen LogP contribution < -0.4 is 10.2 Å². The quantitative estimate of drug-likeness (QED) is 0.0424. The number of unbranched alkanes of at least 4 members (excludes halogenated alkanes) is 6. The molecule has 340 valence electrons. The molecule has 1 fully saturated rings. The Hall–Kier alpha value is -5.64. The topological polar surface area (TPSA) is 77.5 Å². The first-order valence-corrected chi connectivity index (χ1v) is 23.5. The Morgan fingerprint density at radius 2 is 1.69 bits per heavy atom. The van der Waals surface area contributed by atoms with Crippen molar-refractivity contribution in [1.82, 2.24) is 24.8 Å². The van der Waals surface area contributed by atoms with Gasteiger partial charge in [-0.05, 0) is 119 Å². The molecule has 4 heterocycles. The van der Waals surface area contributed by atoms with Crippen molar-refractivity contribution in [2.75, 3.05) is 36.9 Å². The van der Waals surface area contributed by atoms with Crippen LogP contribution in [0.5, 0.6) is 0 Å². The number of allylic oxidation sites excluding steroid dienone is 2. The number of anilines is 3. The first kappa shape index (κ1) is 47.8. The van der Waals surface area contributed by atoms with E-state index in [-0.39, 0.29) is 29.5 Å². The van der Waals surface area contributed by atoms with Gasteiger partial charge in [-0.2, -0.15) is 0 Å². The van der Waals surface area contributed by atoms with Gasteiger partial charge in [0.1, 0.15) is 23.6 Å². The van der Waals surface area contributed by atoms with E-state index in [9.17, 15) is 4.79 Å². The molecule has 2 aromatic heterocycles. The second-order valence-electron chi connectivity index (χ2n) is 17.9. The maximum Gasteiger partial charge on any atom is 0.229 e. The van der Waals surface area contributed by atoms with Gasteiger partial charge < -0.3 is 24.8 Å². The summed E-state index contributed by atoms with van der Waals surface area (Å²) in [7, 11) is 1.96. The molecule has 2 aliphatic heterocycles. The van der Waals surface area contributed by atoms with E-state index in [0.717, 1.165) is 106 Å². The highest BCUT2D eigenvalue weighted by atomic mass is 19.1. The first-order chi connectivity index (χ1) is 31.0. The van der Waals surface area contributed by atoms with Crippen molar-refractivity contribution in [3.8, 4) is 11.3 Å². The Balaban J connectivity index is 0.891. The lowest BCUT2D eigenvalue weighted by atomic mass is 9.90. The summed E-state index contributed by atoms with van der Waals surface area (Å²) >= 11 is 0. The number of benzene rings is 2. The van der Waals surface area contributed by atoms with Crippen LogP contribution in [0.2, 0.25) is 0 Å². The minimum absolute atomic E-state index is 0.0564. The Morgan fingerprint density at radius 1 is 0.938 bits per heavy atom. The normalized spacial score (nSPS) is 14.5. The molecule has 1 atom stereocenters. The summed E-state index contributed by atoms with van der Waals surface area (Å²) < 4.78 is 30.4. The molecule has 0 saturated carbocycles. The number of carbonyl (C=O) groups is 1. The van der Waals surface area contributed by atoms with Gasteiger partial charge in [-0.25, -0.2) is 23.7 Å². The van der Waals surface area contributed by atoms with Gasteiger partial charge in [0.25, 0.3) is 0 Å². The molecule has 6 rings (SSSR count). The standard InChI is InChI=1S/C54H69F2N7O/c1-8-10-24-46(37-64)61(7)40(6)52-41(9-2)22-18-23-43(52)21-17-15-13-11-12-14-16-20-39(5)62-31-28-42(29-32-62)44-26-27-51(57-35-44)59-54-58-36-49(56)53(60-54)45-33-48(55)47-25-19-30-63(38(3)4)50(47)34-45/h8-9,18,22-23,26-27,33-38,42,46H,1-2,5-6,10-17,19-21,24-25,28-32H2,3-4,7H3,(H,57,58,59,60). The lowest BCUT2D eigenvalue weighted by molar-refractivity contribution is -0.111. The summed E-state index contributed by atoms with van der Waals surface area (Å²) in [5.41, 5.74) is 8.67. The van der Waals surface area contributed by atoms with Crippen LogP contribution in [-0.4, -0.2) is 69.8 Å². The maximum absolute atomic E-state index is 15.3. The monoisotopic (exact) mass is 870 g/mol. The smallest absolute Gasteiger partial charge is 0.229 e. The fraction of sp³-hybridized carbons (Fsp3) is 0.444. The van der Waals surface area contributed by atoms with E-state index in [1.54, 1.807) is 0 Å². The van der Waals surface area contributed by atoms with Gasteiger partial charge in [0.15, 0.2) is 5.82 Å². The number of likely N-dealkylation sites (tertiary alicyclic amines) is 1. The molecule has 8 nitrogen and oxygen atoms in total. The molecule has 64 heavy (non-hydrogen) atoms. The van der Waals surface area contributed by atoms with Gasteiger partial charge in [-0.1, -0.05) is 88.3 Å². The third-order valence-electron chi connectivity index (χ3n) is 13.2. The highest BCUT2D eigenvalue weighted by Gasteiger charge is 2.26. The van der Waals surface area contributed by atoms with Crippen molar-refractivity contribution in [3.05, 3.63) is 132 Å². The summed E-state index contributed by atoms with van der Waals surface area (Å²) in [6.07, 6.45) is 23.3. The van der Waals surface area contributed by atoms with Crippen LogP contribution in [-0.2, 0) is 17.6 Å². The molecule has 0 radical (unpaired) electrons. The Labute approximate surface area is 381 Å². The van der Waals surface area contributed by atoms with Crippen molar-refractivity contribution in [1.29, 1.82) is 0 Å². The number of hydrogen-bond donors (Lipinski definition) is 1. The molecule has 1 unspecified atom stereocenters. The van der Waals surface area contributed by atoms with Gasteiger partial charge in [0.2, 0.25) is 5.95 Å². The molecule has 10 heteroatoms. The Bertz CT molecular complexity index is 2230. The lowest BCUT2D eigenvalue weighted by Gasteiger charge is -2.35. The minimum atomic E-state index is -0.604. The van der Waals surface area contributed by atoms with Crippen LogP contribution >= 0.6 is 0 Å². The summed E-state index contributed by atoms with van der Waals surface area (Å²) in [6, 6.07) is 13.6. The number of halogens is 2. The molecule has 0 bridgehead atoms. The second kappa shape index (κ2) is 23.3. The predicted octanol–water partition coefficient (Wildman–Crippen LogP) is 12.9. The Kier molecular flexibility index (Phi) is 17.4. The number of nitrogens with one attached hydrogen (secondary N) is 1. The molecule has 2 aliphatic rings. The number of piperidine rings is 1. The SMILES string of the molecule is C=CCCC(C=O)N(C)C(=C)c1c(C=C)cccc1CCCCCCCCCC(=C)N1CCC(c2ccc(Nc3ncc(F)c(-c4cc(F)c5c(c4)N(C(C)C)CCC5)n3)nc2)CC1. The number of likely N-dealkylation sites (N-methyl/N-ethyl adjacent to an activating group) is 1. The van der Waals surface area contributed by atoms with Crippen LogP contribution in [0.15, 0.2) is 92.9 Å². The predicted molar refractivity (Wildman–Crippen MR) is 262 cm³/mol. The first-order valence-electron chi connectivity index (χ1n) is 23.5. The van der Waals surface area contributed by atoms with Crippen LogP contribution in [0, 0.1) is 11.6 Å². The molecule has 1 N–H and O–H groups in total. The number of nitrogens with zero attached hydrogens (tertiary/aromatic N) is 6. The molecule has 0 aliphatic carbocycles. The average molecular weight is 870 g/mol. The third-order valence-corrected chi connectivity index (χ3v) is 13.2. The zero-order valence-corrected chi connectivity index (χ0v) is 38.6. The van der Waals surface area contributed by atoms with Gasteiger partial charge in [0, 0.05) is 72.7 Å². The summed E-state index contributed by atoms with van der Waals surface area (Å²) in [6.45, 7) is 23.7. The van der Waals surface area contributed by atoms with Crippen LogP contribution in [0.25, 0.3) is 23.0 Å². The number of aryl methyl sites for hydroxylation is 1. The fourth-order valence-electron chi connectivity index (χ4n) is 9.39. The highest BCUT2D eigenvalue weighted by Crippen LogP contribution is 2.37. The number of fused-ring (bicyclic) bond motifs is 1. The molecule has 4 aromatic rings. The van der Waals surface area contributed by atoms with Crippen molar-refractivity contribution in [3.63, 3.8) is 0 Å². The van der Waals surface area contributed by atoms with E-state index >= 15 is 8.78 Å². The van der Waals surface area contributed by atoms with Crippen molar-refractivity contribution in [2.24, 2.45) is 0 Å². The molecule has 2 aromatic carbocycles. The van der Waals surface area contributed by atoms with Crippen molar-refractivity contribution >= 4 is 35.5 Å². The molecule has 1 saturated heterocycles. The summed E-state index contributed by atoms with van der Waals surface area (Å²) in [4.78, 5) is 31.8. The van der Waals surface area contributed by atoms with Gasteiger partial charge in [-0.3, -0.25) is 0 Å². The zero-order chi connectivity index (χ0) is 45.6. The van der Waals surface area contributed by atoms with Crippen LogP contribution in [0.4, 0.5) is 26.2 Å². The third kappa shape index (κ3) is 12.1. The maximum atomic E-state index is 15.3. The van der Waals surface area contributed by atoms with E-state index < -0.39 is 5.82 Å². The Morgan fingerprint density at radius 3 is 2.38 bits per heavy atom. The molecule has 0 amide bonds. The number of aromatic nitrogens is 3. The lowest BCUT2D eigenvalue weighted by Crippen LogP contribution is -2.35. The molecular weight excluding hydrogens is 801 g/mol. The minimum Gasteiger partial charge on any atom is -0.375 e. The fourth-order valence-corrected chi connectivity index (χ4v) is 9.39. The van der Waals surface area contributed by atoms with E-state index in [0.29, 0.717) is 29.3 Å².